The molecule has 2 aromatic carbocycles. The molecule has 6 nitrogen and oxygen atoms in total. The van der Waals surface area contributed by atoms with E-state index in [0.717, 1.165) is 48.1 Å². The lowest BCUT2D eigenvalue weighted by Crippen LogP contribution is -2.35. The van der Waals surface area contributed by atoms with Crippen molar-refractivity contribution in [2.45, 2.75) is 26.1 Å². The van der Waals surface area contributed by atoms with Gasteiger partial charge in [0.2, 0.25) is 6.79 Å². The van der Waals surface area contributed by atoms with E-state index >= 15 is 0 Å². The van der Waals surface area contributed by atoms with Crippen LogP contribution in [0.2, 0.25) is 0 Å². The lowest BCUT2D eigenvalue weighted by atomic mass is 10.1. The van der Waals surface area contributed by atoms with Gasteiger partial charge in [0.25, 0.3) is 0 Å². The van der Waals surface area contributed by atoms with E-state index in [1.54, 1.807) is 0 Å². The van der Waals surface area contributed by atoms with Gasteiger partial charge in [0.05, 0.1) is 11.4 Å². The highest BCUT2D eigenvalue weighted by molar-refractivity contribution is 5.67. The summed E-state index contributed by atoms with van der Waals surface area (Å²) in [6, 6.07) is 21.1. The van der Waals surface area contributed by atoms with Gasteiger partial charge in [-0.3, -0.25) is 4.90 Å². The molecule has 0 radical (unpaired) electrons. The van der Waals surface area contributed by atoms with Crippen molar-refractivity contribution in [3.05, 3.63) is 84.3 Å². The number of nitrogens with zero attached hydrogens (tertiary/aromatic N) is 4. The summed E-state index contributed by atoms with van der Waals surface area (Å²) in [6.45, 7) is 5.42. The van der Waals surface area contributed by atoms with Crippen LogP contribution in [0.1, 0.15) is 24.2 Å². The van der Waals surface area contributed by atoms with E-state index in [4.69, 9.17) is 14.6 Å². The molecule has 1 unspecified atom stereocenters. The first kappa shape index (κ1) is 18.3. The lowest BCUT2D eigenvalue weighted by Gasteiger charge is -2.34. The maximum absolute atomic E-state index is 5.62. The van der Waals surface area contributed by atoms with E-state index in [0.29, 0.717) is 6.04 Å². The number of rotatable bonds is 4. The minimum absolute atomic E-state index is 0.273. The lowest BCUT2D eigenvalue weighted by molar-refractivity contribution is 0.161. The van der Waals surface area contributed by atoms with Crippen molar-refractivity contribution in [1.29, 1.82) is 0 Å². The number of hydrogen-bond acceptors (Lipinski definition) is 4. The van der Waals surface area contributed by atoms with Crippen molar-refractivity contribution in [2.75, 3.05) is 13.3 Å². The molecule has 6 heteroatoms. The molecule has 1 atom stereocenters. The highest BCUT2D eigenvalue weighted by Crippen LogP contribution is 2.37. The fourth-order valence-electron chi connectivity index (χ4n) is 4.59. The second-order valence-corrected chi connectivity index (χ2v) is 8.12. The molecule has 0 spiro atoms. The second kappa shape index (κ2) is 7.32. The highest BCUT2D eigenvalue weighted by atomic mass is 16.7. The Labute approximate surface area is 181 Å². The zero-order chi connectivity index (χ0) is 20.8. The van der Waals surface area contributed by atoms with E-state index in [-0.39, 0.29) is 6.79 Å². The Bertz CT molecular complexity index is 1230. The van der Waals surface area contributed by atoms with Crippen LogP contribution in [0.5, 0.6) is 11.5 Å². The van der Waals surface area contributed by atoms with E-state index in [2.05, 4.69) is 59.1 Å². The van der Waals surface area contributed by atoms with Gasteiger partial charge >= 0.3 is 0 Å². The molecule has 0 saturated carbocycles. The van der Waals surface area contributed by atoms with Crippen LogP contribution in [0.4, 0.5) is 0 Å². The molecular formula is C25H24N4O2. The van der Waals surface area contributed by atoms with Crippen molar-refractivity contribution in [1.82, 2.24) is 19.2 Å². The summed E-state index contributed by atoms with van der Waals surface area (Å²) < 4.78 is 15.4. The maximum atomic E-state index is 5.62. The third-order valence-corrected chi connectivity index (χ3v) is 6.30. The van der Waals surface area contributed by atoms with Crippen molar-refractivity contribution >= 4 is 0 Å². The molecule has 2 aliphatic rings. The highest BCUT2D eigenvalue weighted by Gasteiger charge is 2.26. The molecule has 0 bridgehead atoms. The Balaban J connectivity index is 1.39. The number of benzene rings is 2. The van der Waals surface area contributed by atoms with Gasteiger partial charge < -0.3 is 14.0 Å². The Morgan fingerprint density at radius 1 is 0.968 bits per heavy atom. The predicted molar refractivity (Wildman–Crippen MR) is 118 cm³/mol. The Kier molecular flexibility index (Phi) is 4.32. The van der Waals surface area contributed by atoms with Crippen LogP contribution >= 0.6 is 0 Å². The first-order valence-corrected chi connectivity index (χ1v) is 10.7. The van der Waals surface area contributed by atoms with Crippen molar-refractivity contribution in [3.8, 4) is 28.4 Å². The maximum Gasteiger partial charge on any atom is 0.231 e. The molecule has 4 heterocycles. The first-order valence-electron chi connectivity index (χ1n) is 10.7. The van der Waals surface area contributed by atoms with E-state index in [9.17, 15) is 0 Å². The van der Waals surface area contributed by atoms with Gasteiger partial charge in [-0.2, -0.15) is 5.10 Å². The topological polar surface area (TPSA) is 44.5 Å². The minimum Gasteiger partial charge on any atom is -0.454 e. The largest absolute Gasteiger partial charge is 0.454 e. The summed E-state index contributed by atoms with van der Waals surface area (Å²) in [6.07, 6.45) is 4.34. The standard InChI is InChI=1S/C25H24N4O2/c1-18-22-8-5-11-27(22)12-13-28(18)15-20-16-29(21-6-3-2-4-7-21)26-25(20)19-9-10-23-24(14-19)31-17-30-23/h2-11,14,16,18H,12-13,15,17H2,1H3. The van der Waals surface area contributed by atoms with Crippen LogP contribution in [0, 0.1) is 0 Å². The van der Waals surface area contributed by atoms with Crippen LogP contribution in [0.25, 0.3) is 16.9 Å². The first-order chi connectivity index (χ1) is 15.3. The molecule has 2 aliphatic heterocycles. The van der Waals surface area contributed by atoms with Crippen LogP contribution in [0.3, 0.4) is 0 Å². The summed E-state index contributed by atoms with van der Waals surface area (Å²) in [5.41, 5.74) is 5.65. The van der Waals surface area contributed by atoms with E-state index < -0.39 is 0 Å². The summed E-state index contributed by atoms with van der Waals surface area (Å²) in [4.78, 5) is 2.53. The van der Waals surface area contributed by atoms with Gasteiger partial charge in [0, 0.05) is 54.9 Å². The third kappa shape index (κ3) is 3.20. The minimum atomic E-state index is 0.273. The average Bonchev–Trinajstić information content (AvgIpc) is 3.55. The quantitative estimate of drug-likeness (QED) is 0.490. The van der Waals surface area contributed by atoms with Gasteiger partial charge in [-0.15, -0.1) is 0 Å². The summed E-state index contributed by atoms with van der Waals surface area (Å²) in [5.74, 6) is 1.57. The van der Waals surface area contributed by atoms with Crippen molar-refractivity contribution in [2.24, 2.45) is 0 Å². The van der Waals surface area contributed by atoms with Gasteiger partial charge in [0.15, 0.2) is 11.5 Å². The summed E-state index contributed by atoms with van der Waals surface area (Å²) in [5, 5.41) is 4.99. The van der Waals surface area contributed by atoms with Crippen LogP contribution in [-0.4, -0.2) is 32.6 Å². The zero-order valence-electron chi connectivity index (χ0n) is 17.4. The predicted octanol–water partition coefficient (Wildman–Crippen LogP) is 4.65. The molecule has 0 N–H and O–H groups in total. The molecule has 2 aromatic heterocycles. The van der Waals surface area contributed by atoms with Gasteiger partial charge in [-0.1, -0.05) is 18.2 Å². The number of para-hydroxylation sites is 1. The SMILES string of the molecule is CC1c2cccn2CCN1Cc1cn(-c2ccccc2)nc1-c1ccc2c(c1)OCO2. The van der Waals surface area contributed by atoms with Crippen molar-refractivity contribution in [3.63, 3.8) is 0 Å². The Hall–Kier alpha value is -3.51. The monoisotopic (exact) mass is 412 g/mol. The molecule has 156 valence electrons. The van der Waals surface area contributed by atoms with Gasteiger partial charge in [-0.05, 0) is 49.4 Å². The third-order valence-electron chi connectivity index (χ3n) is 6.30. The molecular weight excluding hydrogens is 388 g/mol. The molecule has 0 amide bonds. The second-order valence-electron chi connectivity index (χ2n) is 8.12. The number of fused-ring (bicyclic) bond motifs is 2. The zero-order valence-corrected chi connectivity index (χ0v) is 17.4. The molecule has 0 saturated heterocycles. The average molecular weight is 412 g/mol. The van der Waals surface area contributed by atoms with Crippen LogP contribution < -0.4 is 9.47 Å². The Morgan fingerprint density at radius 2 is 1.84 bits per heavy atom. The molecule has 31 heavy (non-hydrogen) atoms. The Morgan fingerprint density at radius 3 is 2.74 bits per heavy atom. The van der Waals surface area contributed by atoms with Gasteiger partial charge in [-0.25, -0.2) is 4.68 Å². The van der Waals surface area contributed by atoms with E-state index in [1.165, 1.54) is 11.3 Å². The van der Waals surface area contributed by atoms with Gasteiger partial charge in [0.1, 0.15) is 0 Å². The molecule has 4 aromatic rings. The van der Waals surface area contributed by atoms with Crippen LogP contribution in [0.15, 0.2) is 73.1 Å². The summed E-state index contributed by atoms with van der Waals surface area (Å²) in [7, 11) is 0. The fourth-order valence-corrected chi connectivity index (χ4v) is 4.59. The molecule has 0 aliphatic carbocycles. The smallest absolute Gasteiger partial charge is 0.231 e. The van der Waals surface area contributed by atoms with Crippen molar-refractivity contribution < 1.29 is 9.47 Å². The number of aromatic nitrogens is 3. The normalized spacial score (nSPS) is 17.6. The fraction of sp³-hybridized carbons (Fsp3) is 0.240. The molecule has 0 fully saturated rings. The summed E-state index contributed by atoms with van der Waals surface area (Å²) >= 11 is 0. The van der Waals surface area contributed by atoms with Crippen LogP contribution in [-0.2, 0) is 13.1 Å². The number of hydrogen-bond donors (Lipinski definition) is 0. The van der Waals surface area contributed by atoms with E-state index in [1.807, 2.05) is 35.0 Å². The number of ether oxygens (including phenoxy) is 2. The molecule has 6 rings (SSSR count).